The summed E-state index contributed by atoms with van der Waals surface area (Å²) in [5, 5.41) is 3.72. The van der Waals surface area contributed by atoms with Crippen LogP contribution in [-0.4, -0.2) is 44.8 Å². The third-order valence-electron chi connectivity index (χ3n) is 3.22. The van der Waals surface area contributed by atoms with Crippen LogP contribution in [0.4, 0.5) is 0 Å². The standard InChI is InChI=1S/C18H24NO8P/c1-6-25-28(22,26-7-2)17(19-27-13(3)20)15-11-9-8-10-14(15)16(12-23-4)18(21)24-5/h8-12H,6-7H2,1-5H3. The van der Waals surface area contributed by atoms with E-state index in [4.69, 9.17) is 23.4 Å². The van der Waals surface area contributed by atoms with E-state index in [1.54, 1.807) is 32.0 Å². The first kappa shape index (κ1) is 23.6. The number of methoxy groups -OCH3 is 2. The van der Waals surface area contributed by atoms with E-state index in [0.29, 0.717) is 0 Å². The maximum absolute atomic E-state index is 13.4. The maximum atomic E-state index is 13.4. The molecule has 0 heterocycles. The van der Waals surface area contributed by atoms with Crippen LogP contribution in [0.15, 0.2) is 35.7 Å². The molecule has 154 valence electrons. The van der Waals surface area contributed by atoms with E-state index in [0.717, 1.165) is 6.92 Å². The first-order chi connectivity index (χ1) is 13.3. The van der Waals surface area contributed by atoms with Crippen molar-refractivity contribution >= 4 is 30.6 Å². The minimum atomic E-state index is -3.98. The van der Waals surface area contributed by atoms with E-state index >= 15 is 0 Å². The van der Waals surface area contributed by atoms with Gasteiger partial charge >= 0.3 is 19.5 Å². The summed E-state index contributed by atoms with van der Waals surface area (Å²) in [6, 6.07) is 6.39. The summed E-state index contributed by atoms with van der Waals surface area (Å²) >= 11 is 0. The number of nitrogens with zero attached hydrogens (tertiary/aromatic N) is 1. The molecular formula is C18H24NO8P. The smallest absolute Gasteiger partial charge is 0.383 e. The van der Waals surface area contributed by atoms with E-state index in [1.807, 2.05) is 0 Å². The highest BCUT2D eigenvalue weighted by Gasteiger charge is 2.36. The van der Waals surface area contributed by atoms with Crippen LogP contribution < -0.4 is 0 Å². The van der Waals surface area contributed by atoms with Crippen LogP contribution in [0.3, 0.4) is 0 Å². The number of oxime groups is 1. The minimum Gasteiger partial charge on any atom is -0.503 e. The summed E-state index contributed by atoms with van der Waals surface area (Å²) in [4.78, 5) is 28.2. The van der Waals surface area contributed by atoms with Crippen LogP contribution in [0.5, 0.6) is 0 Å². The Labute approximate surface area is 163 Å². The van der Waals surface area contributed by atoms with Crippen molar-refractivity contribution in [2.24, 2.45) is 5.16 Å². The predicted octanol–water partition coefficient (Wildman–Crippen LogP) is 3.34. The van der Waals surface area contributed by atoms with Crippen LogP contribution in [0.1, 0.15) is 31.9 Å². The highest BCUT2D eigenvalue weighted by atomic mass is 31.2. The van der Waals surface area contributed by atoms with Gasteiger partial charge in [0.05, 0.1) is 33.7 Å². The molecule has 0 N–H and O–H groups in total. The summed E-state index contributed by atoms with van der Waals surface area (Å²) in [6.45, 7) is 4.51. The summed E-state index contributed by atoms with van der Waals surface area (Å²) in [7, 11) is -1.40. The van der Waals surface area contributed by atoms with Gasteiger partial charge in [-0.3, -0.25) is 4.57 Å². The van der Waals surface area contributed by atoms with Crippen LogP contribution in [0, 0.1) is 0 Å². The third kappa shape index (κ3) is 6.02. The van der Waals surface area contributed by atoms with Crippen LogP contribution in [0.25, 0.3) is 5.57 Å². The second-order valence-corrected chi connectivity index (χ2v) is 7.07. The molecule has 0 aliphatic heterocycles. The van der Waals surface area contributed by atoms with Crippen molar-refractivity contribution in [1.29, 1.82) is 0 Å². The molecule has 28 heavy (non-hydrogen) atoms. The Morgan fingerprint density at radius 3 is 2.11 bits per heavy atom. The molecule has 0 unspecified atom stereocenters. The first-order valence-corrected chi connectivity index (χ1v) is 9.95. The van der Waals surface area contributed by atoms with Crippen molar-refractivity contribution in [2.45, 2.75) is 20.8 Å². The zero-order valence-corrected chi connectivity index (χ0v) is 17.4. The van der Waals surface area contributed by atoms with Crippen LogP contribution in [0.2, 0.25) is 0 Å². The van der Waals surface area contributed by atoms with Gasteiger partial charge in [0.15, 0.2) is 5.45 Å². The van der Waals surface area contributed by atoms with Crippen LogP contribution in [-0.2, 0) is 37.5 Å². The number of rotatable bonds is 10. The number of carbonyl (C=O) groups excluding carboxylic acids is 2. The lowest BCUT2D eigenvalue weighted by molar-refractivity contribution is -0.141. The number of hydrogen-bond donors (Lipinski definition) is 0. The van der Waals surface area contributed by atoms with Crippen molar-refractivity contribution in [3.05, 3.63) is 41.7 Å². The molecule has 0 aliphatic carbocycles. The van der Waals surface area contributed by atoms with Gasteiger partial charge < -0.3 is 23.4 Å². The van der Waals surface area contributed by atoms with Gasteiger partial charge in [-0.15, -0.1) is 0 Å². The van der Waals surface area contributed by atoms with Crippen molar-refractivity contribution in [3.63, 3.8) is 0 Å². The molecule has 0 aromatic heterocycles. The highest BCUT2D eigenvalue weighted by Crippen LogP contribution is 2.52. The summed E-state index contributed by atoms with van der Waals surface area (Å²) in [6.07, 6.45) is 1.18. The molecule has 0 radical (unpaired) electrons. The molecule has 1 aromatic rings. The largest absolute Gasteiger partial charge is 0.503 e. The molecule has 0 aliphatic rings. The second-order valence-electron chi connectivity index (χ2n) is 5.14. The maximum Gasteiger partial charge on any atom is 0.383 e. The summed E-state index contributed by atoms with van der Waals surface area (Å²) < 4.78 is 33.8. The topological polar surface area (TPSA) is 110 Å². The highest BCUT2D eigenvalue weighted by molar-refractivity contribution is 7.73. The lowest BCUT2D eigenvalue weighted by Gasteiger charge is -2.20. The summed E-state index contributed by atoms with van der Waals surface area (Å²) in [5.41, 5.74) is 0.257. The SMILES string of the molecule is CCOP(=O)(OCC)C(=NOC(C)=O)c1ccccc1C(=COC)C(=O)OC. The molecule has 0 fully saturated rings. The molecule has 0 amide bonds. The van der Waals surface area contributed by atoms with Crippen molar-refractivity contribution in [1.82, 2.24) is 0 Å². The molecule has 9 nitrogen and oxygen atoms in total. The van der Waals surface area contributed by atoms with E-state index < -0.39 is 19.5 Å². The second kappa shape index (κ2) is 11.4. The fourth-order valence-electron chi connectivity index (χ4n) is 2.22. The van der Waals surface area contributed by atoms with Gasteiger partial charge in [-0.2, -0.15) is 0 Å². The van der Waals surface area contributed by atoms with E-state index in [1.165, 1.54) is 26.5 Å². The lowest BCUT2D eigenvalue weighted by Crippen LogP contribution is -2.14. The monoisotopic (exact) mass is 413 g/mol. The Kier molecular flexibility index (Phi) is 9.58. The zero-order valence-electron chi connectivity index (χ0n) is 16.5. The van der Waals surface area contributed by atoms with Gasteiger partial charge in [-0.1, -0.05) is 29.4 Å². The molecule has 10 heteroatoms. The zero-order chi connectivity index (χ0) is 21.2. The van der Waals surface area contributed by atoms with E-state index in [2.05, 4.69) is 5.16 Å². The van der Waals surface area contributed by atoms with Crippen molar-refractivity contribution < 1.29 is 37.5 Å². The van der Waals surface area contributed by atoms with Gasteiger partial charge in [-0.25, -0.2) is 9.59 Å². The Balaban J connectivity index is 3.74. The fourth-order valence-corrected chi connectivity index (χ4v) is 3.85. The molecular weight excluding hydrogens is 389 g/mol. The normalized spacial score (nSPS) is 12.5. The van der Waals surface area contributed by atoms with Gasteiger partial charge in [0.25, 0.3) is 0 Å². The Hall–Kier alpha value is -2.48. The van der Waals surface area contributed by atoms with E-state index in [9.17, 15) is 14.2 Å². The quantitative estimate of drug-likeness (QED) is 0.109. The lowest BCUT2D eigenvalue weighted by atomic mass is 10.0. The number of hydrogen-bond acceptors (Lipinski definition) is 9. The van der Waals surface area contributed by atoms with E-state index in [-0.39, 0.29) is 35.4 Å². The first-order valence-electron chi connectivity index (χ1n) is 8.40. The molecule has 0 atom stereocenters. The minimum absolute atomic E-state index is 0.0377. The average Bonchev–Trinajstić information content (AvgIpc) is 2.66. The Bertz CT molecular complexity index is 793. The molecule has 1 rings (SSSR count). The Morgan fingerprint density at radius 2 is 1.64 bits per heavy atom. The molecule has 0 saturated heterocycles. The van der Waals surface area contributed by atoms with Gasteiger partial charge in [-0.05, 0) is 13.8 Å². The fraction of sp³-hybridized carbons (Fsp3) is 0.389. The number of carbonyl (C=O) groups is 2. The average molecular weight is 413 g/mol. The van der Waals surface area contributed by atoms with Gasteiger partial charge in [0, 0.05) is 18.1 Å². The number of ether oxygens (including phenoxy) is 2. The third-order valence-corrected chi connectivity index (χ3v) is 5.25. The Morgan fingerprint density at radius 1 is 1.07 bits per heavy atom. The van der Waals surface area contributed by atoms with Crippen molar-refractivity contribution in [3.8, 4) is 0 Å². The number of esters is 1. The van der Waals surface area contributed by atoms with Gasteiger partial charge in [0.1, 0.15) is 5.57 Å². The van der Waals surface area contributed by atoms with Crippen LogP contribution >= 0.6 is 7.60 Å². The molecule has 0 saturated carbocycles. The summed E-state index contributed by atoms with van der Waals surface area (Å²) in [5.74, 6) is -1.42. The molecule has 0 bridgehead atoms. The number of benzene rings is 1. The predicted molar refractivity (Wildman–Crippen MR) is 103 cm³/mol. The molecule has 0 spiro atoms. The van der Waals surface area contributed by atoms with Crippen molar-refractivity contribution in [2.75, 3.05) is 27.4 Å². The van der Waals surface area contributed by atoms with Gasteiger partial charge in [0.2, 0.25) is 0 Å². The molecule has 1 aromatic carbocycles.